The van der Waals surface area contributed by atoms with Gasteiger partial charge in [-0.25, -0.2) is 0 Å². The van der Waals surface area contributed by atoms with E-state index in [4.69, 9.17) is 16.3 Å². The van der Waals surface area contributed by atoms with Crippen LogP contribution in [0.15, 0.2) is 0 Å². The zero-order valence-corrected chi connectivity index (χ0v) is 10.1. The lowest BCUT2D eigenvalue weighted by molar-refractivity contribution is 0.109. The predicted octanol–water partition coefficient (Wildman–Crippen LogP) is 2.41. The Hall–Kier alpha value is 0.210. The summed E-state index contributed by atoms with van der Waals surface area (Å²) in [6, 6.07) is 0. The van der Waals surface area contributed by atoms with E-state index >= 15 is 0 Å². The molecule has 0 amide bonds. The fourth-order valence-electron chi connectivity index (χ4n) is 2.82. The van der Waals surface area contributed by atoms with Gasteiger partial charge in [-0.3, -0.25) is 0 Å². The summed E-state index contributed by atoms with van der Waals surface area (Å²) in [7, 11) is 0. The maximum Gasteiger partial charge on any atom is 0.0700 e. The van der Waals surface area contributed by atoms with Crippen molar-refractivity contribution in [1.29, 1.82) is 0 Å². The summed E-state index contributed by atoms with van der Waals surface area (Å²) in [5, 5.41) is 3.55. The van der Waals surface area contributed by atoms with Gasteiger partial charge in [0.05, 0.1) is 6.10 Å². The van der Waals surface area contributed by atoms with E-state index in [9.17, 15) is 0 Å². The molecule has 1 aliphatic heterocycles. The normalized spacial score (nSPS) is 36.2. The number of hydrogen-bond donors (Lipinski definition) is 1. The summed E-state index contributed by atoms with van der Waals surface area (Å²) in [5.74, 6) is 2.40. The van der Waals surface area contributed by atoms with Gasteiger partial charge in [-0.1, -0.05) is 6.42 Å². The highest BCUT2D eigenvalue weighted by molar-refractivity contribution is 6.18. The monoisotopic (exact) mass is 231 g/mol. The van der Waals surface area contributed by atoms with Crippen LogP contribution in [-0.4, -0.2) is 31.7 Å². The van der Waals surface area contributed by atoms with Gasteiger partial charge in [-0.05, 0) is 44.1 Å². The first-order valence-corrected chi connectivity index (χ1v) is 6.82. The lowest BCUT2D eigenvalue weighted by Crippen LogP contribution is -2.32. The smallest absolute Gasteiger partial charge is 0.0700 e. The molecule has 1 heterocycles. The number of ether oxygens (including phenoxy) is 1. The maximum atomic E-state index is 5.96. The highest BCUT2D eigenvalue weighted by Gasteiger charge is 2.26. The molecule has 0 aromatic heterocycles. The number of halogens is 1. The molecule has 0 spiro atoms. The highest BCUT2D eigenvalue weighted by atomic mass is 35.5. The zero-order valence-electron chi connectivity index (χ0n) is 9.38. The predicted molar refractivity (Wildman–Crippen MR) is 63.4 cm³/mol. The summed E-state index contributed by atoms with van der Waals surface area (Å²) >= 11 is 5.96. The molecule has 15 heavy (non-hydrogen) atoms. The van der Waals surface area contributed by atoms with Gasteiger partial charge in [0.25, 0.3) is 0 Å². The van der Waals surface area contributed by atoms with Crippen LogP contribution in [0.4, 0.5) is 0 Å². The zero-order chi connectivity index (χ0) is 10.5. The van der Waals surface area contributed by atoms with Crippen molar-refractivity contribution < 1.29 is 4.74 Å². The van der Waals surface area contributed by atoms with Crippen LogP contribution in [0, 0.1) is 11.8 Å². The third-order valence-electron chi connectivity index (χ3n) is 3.82. The minimum Gasteiger partial charge on any atom is -0.377 e. The Morgan fingerprint density at radius 2 is 1.93 bits per heavy atom. The van der Waals surface area contributed by atoms with E-state index in [-0.39, 0.29) is 0 Å². The highest BCUT2D eigenvalue weighted by Crippen LogP contribution is 2.31. The van der Waals surface area contributed by atoms with E-state index in [0.29, 0.717) is 6.10 Å². The summed E-state index contributed by atoms with van der Waals surface area (Å²) in [6.45, 7) is 3.13. The van der Waals surface area contributed by atoms with Gasteiger partial charge in [0.1, 0.15) is 0 Å². The maximum absolute atomic E-state index is 5.96. The van der Waals surface area contributed by atoms with E-state index in [1.807, 2.05) is 0 Å². The lowest BCUT2D eigenvalue weighted by atomic mass is 9.98. The van der Waals surface area contributed by atoms with Gasteiger partial charge < -0.3 is 10.1 Å². The van der Waals surface area contributed by atoms with Crippen LogP contribution in [-0.2, 0) is 4.74 Å². The number of alkyl halides is 1. The molecule has 88 valence electrons. The Morgan fingerprint density at radius 1 is 1.07 bits per heavy atom. The van der Waals surface area contributed by atoms with Crippen LogP contribution in [0.25, 0.3) is 0 Å². The summed E-state index contributed by atoms with van der Waals surface area (Å²) < 4.78 is 5.58. The third kappa shape index (κ3) is 3.33. The molecule has 2 nitrogen and oxygen atoms in total. The Balaban J connectivity index is 1.60. The first kappa shape index (κ1) is 11.7. The Labute approximate surface area is 97.7 Å². The van der Waals surface area contributed by atoms with Crippen LogP contribution in [0.1, 0.15) is 32.1 Å². The molecule has 2 rings (SSSR count). The standard InChI is InChI=1S/C12H22ClNO/c13-7-10-3-1-4-11(10)8-14-9-12-5-2-6-15-12/h10-12,14H,1-9H2. The van der Waals surface area contributed by atoms with Gasteiger partial charge in [-0.2, -0.15) is 0 Å². The van der Waals surface area contributed by atoms with Crippen LogP contribution < -0.4 is 5.32 Å². The van der Waals surface area contributed by atoms with Gasteiger partial charge in [0, 0.05) is 19.0 Å². The average Bonchev–Trinajstić information content (AvgIpc) is 2.88. The van der Waals surface area contributed by atoms with Crippen molar-refractivity contribution in [2.75, 3.05) is 25.6 Å². The topological polar surface area (TPSA) is 21.3 Å². The van der Waals surface area contributed by atoms with Gasteiger partial charge in [0.15, 0.2) is 0 Å². The van der Waals surface area contributed by atoms with E-state index in [0.717, 1.165) is 37.4 Å². The van der Waals surface area contributed by atoms with Crippen molar-refractivity contribution in [3.8, 4) is 0 Å². The molecule has 3 atom stereocenters. The molecule has 3 heteroatoms. The molecular formula is C12H22ClNO. The number of rotatable bonds is 5. The molecule has 1 saturated carbocycles. The molecule has 2 fully saturated rings. The first-order chi connectivity index (χ1) is 7.40. The number of hydrogen-bond acceptors (Lipinski definition) is 2. The summed E-state index contributed by atoms with van der Waals surface area (Å²) in [4.78, 5) is 0. The average molecular weight is 232 g/mol. The molecule has 1 saturated heterocycles. The fraction of sp³-hybridized carbons (Fsp3) is 1.00. The van der Waals surface area contributed by atoms with Crippen LogP contribution in [0.3, 0.4) is 0 Å². The van der Waals surface area contributed by atoms with Crippen molar-refractivity contribution in [3.63, 3.8) is 0 Å². The molecule has 0 bridgehead atoms. The van der Waals surface area contributed by atoms with Gasteiger partial charge in [0.2, 0.25) is 0 Å². The van der Waals surface area contributed by atoms with Gasteiger partial charge in [-0.15, -0.1) is 11.6 Å². The molecule has 0 aromatic carbocycles. The van der Waals surface area contributed by atoms with E-state index in [2.05, 4.69) is 5.32 Å². The van der Waals surface area contributed by atoms with Crippen LogP contribution in [0.2, 0.25) is 0 Å². The molecule has 1 N–H and O–H groups in total. The minimum atomic E-state index is 0.473. The Kier molecular flexibility index (Phi) is 4.73. The second-order valence-corrected chi connectivity index (χ2v) is 5.21. The van der Waals surface area contributed by atoms with Crippen molar-refractivity contribution in [3.05, 3.63) is 0 Å². The van der Waals surface area contributed by atoms with E-state index < -0.39 is 0 Å². The molecular weight excluding hydrogens is 210 g/mol. The molecule has 0 radical (unpaired) electrons. The Morgan fingerprint density at radius 3 is 2.67 bits per heavy atom. The molecule has 0 aromatic rings. The Bertz CT molecular complexity index is 182. The second-order valence-electron chi connectivity index (χ2n) is 4.90. The van der Waals surface area contributed by atoms with Crippen molar-refractivity contribution in [1.82, 2.24) is 5.32 Å². The largest absolute Gasteiger partial charge is 0.377 e. The van der Waals surface area contributed by atoms with Crippen LogP contribution in [0.5, 0.6) is 0 Å². The summed E-state index contributed by atoms with van der Waals surface area (Å²) in [6.07, 6.45) is 6.99. The summed E-state index contributed by atoms with van der Waals surface area (Å²) in [5.41, 5.74) is 0. The molecule has 2 aliphatic rings. The SMILES string of the molecule is ClCC1CCCC1CNCC1CCCO1. The van der Waals surface area contributed by atoms with Crippen LogP contribution >= 0.6 is 11.6 Å². The van der Waals surface area contributed by atoms with Crippen molar-refractivity contribution >= 4 is 11.6 Å². The van der Waals surface area contributed by atoms with Crippen molar-refractivity contribution in [2.24, 2.45) is 11.8 Å². The molecule has 3 unspecified atom stereocenters. The van der Waals surface area contributed by atoms with E-state index in [1.165, 1.54) is 32.1 Å². The number of nitrogens with one attached hydrogen (secondary N) is 1. The third-order valence-corrected chi connectivity index (χ3v) is 4.21. The fourth-order valence-corrected chi connectivity index (χ4v) is 3.23. The quantitative estimate of drug-likeness (QED) is 0.734. The van der Waals surface area contributed by atoms with Crippen molar-refractivity contribution in [2.45, 2.75) is 38.2 Å². The van der Waals surface area contributed by atoms with E-state index in [1.54, 1.807) is 0 Å². The second kappa shape index (κ2) is 6.07. The van der Waals surface area contributed by atoms with Gasteiger partial charge >= 0.3 is 0 Å². The minimum absolute atomic E-state index is 0.473. The first-order valence-electron chi connectivity index (χ1n) is 6.28. The molecule has 1 aliphatic carbocycles. The lowest BCUT2D eigenvalue weighted by Gasteiger charge is -2.19.